The van der Waals surface area contributed by atoms with E-state index in [0.717, 1.165) is 5.75 Å². The topological polar surface area (TPSA) is 40.2 Å². The third-order valence-electron chi connectivity index (χ3n) is 3.71. The van der Waals surface area contributed by atoms with Crippen LogP contribution in [0.25, 0.3) is 10.9 Å². The molecule has 3 heteroatoms. The summed E-state index contributed by atoms with van der Waals surface area (Å²) in [4.78, 5) is 0. The fraction of sp³-hybridized carbons (Fsp3) is 0.467. The van der Waals surface area contributed by atoms with Gasteiger partial charge in [0.15, 0.2) is 0 Å². The Hall–Kier alpha value is -1.48. The van der Waals surface area contributed by atoms with Gasteiger partial charge in [0.25, 0.3) is 0 Å². The molecule has 2 rings (SSSR count). The number of nitrogens with zero attached hydrogens (tertiary/aromatic N) is 1. The quantitative estimate of drug-likeness (QED) is 0.904. The van der Waals surface area contributed by atoms with E-state index in [2.05, 4.69) is 50.7 Å². The Morgan fingerprint density at radius 3 is 2.56 bits per heavy atom. The molecule has 0 radical (unpaired) electrons. The molecule has 0 bridgehead atoms. The molecule has 98 valence electrons. The van der Waals surface area contributed by atoms with Gasteiger partial charge in [-0.15, -0.1) is 0 Å². The first-order valence-corrected chi connectivity index (χ1v) is 6.25. The molecule has 3 nitrogen and oxygen atoms in total. The Labute approximate surface area is 109 Å². The van der Waals surface area contributed by atoms with Crippen molar-refractivity contribution in [3.05, 3.63) is 29.5 Å². The highest BCUT2D eigenvalue weighted by atomic mass is 16.5. The minimum absolute atomic E-state index is 0.0294. The van der Waals surface area contributed by atoms with Crippen LogP contribution in [-0.4, -0.2) is 18.2 Å². The van der Waals surface area contributed by atoms with Crippen LogP contribution in [-0.2, 0) is 12.5 Å². The SMILES string of the molecule is COc1cc(C)c2c(c1)c(C(C)(C)CN)cn2C. The Bertz CT molecular complexity index is 582. The zero-order chi connectivity index (χ0) is 13.5. The van der Waals surface area contributed by atoms with Gasteiger partial charge in [-0.25, -0.2) is 0 Å². The van der Waals surface area contributed by atoms with E-state index in [9.17, 15) is 0 Å². The molecule has 0 unspecified atom stereocenters. The lowest BCUT2D eigenvalue weighted by Crippen LogP contribution is -2.27. The maximum atomic E-state index is 5.91. The third kappa shape index (κ3) is 1.89. The second-order valence-corrected chi connectivity index (χ2v) is 5.58. The van der Waals surface area contributed by atoms with E-state index >= 15 is 0 Å². The van der Waals surface area contributed by atoms with E-state index in [4.69, 9.17) is 10.5 Å². The molecule has 0 aliphatic heterocycles. The Kier molecular flexibility index (Phi) is 3.11. The maximum absolute atomic E-state index is 5.91. The number of ether oxygens (including phenoxy) is 1. The van der Waals surface area contributed by atoms with E-state index in [1.807, 2.05) is 0 Å². The number of methoxy groups -OCH3 is 1. The van der Waals surface area contributed by atoms with Crippen LogP contribution in [0.4, 0.5) is 0 Å². The molecule has 0 saturated heterocycles. The molecule has 0 fully saturated rings. The first-order chi connectivity index (χ1) is 8.40. The summed E-state index contributed by atoms with van der Waals surface area (Å²) in [5, 5.41) is 1.24. The van der Waals surface area contributed by atoms with Gasteiger partial charge in [0.2, 0.25) is 0 Å². The minimum atomic E-state index is -0.0294. The van der Waals surface area contributed by atoms with Gasteiger partial charge in [0.05, 0.1) is 12.6 Å². The highest BCUT2D eigenvalue weighted by molar-refractivity contribution is 5.89. The molecule has 0 amide bonds. The van der Waals surface area contributed by atoms with Gasteiger partial charge in [-0.05, 0) is 30.2 Å². The van der Waals surface area contributed by atoms with E-state index in [0.29, 0.717) is 6.54 Å². The number of aromatic nitrogens is 1. The van der Waals surface area contributed by atoms with E-state index < -0.39 is 0 Å². The maximum Gasteiger partial charge on any atom is 0.119 e. The van der Waals surface area contributed by atoms with Gasteiger partial charge < -0.3 is 15.0 Å². The fourth-order valence-corrected chi connectivity index (χ4v) is 2.51. The van der Waals surface area contributed by atoms with Gasteiger partial charge in [-0.3, -0.25) is 0 Å². The van der Waals surface area contributed by atoms with Gasteiger partial charge >= 0.3 is 0 Å². The molecule has 2 N–H and O–H groups in total. The number of nitrogens with two attached hydrogens (primary N) is 1. The first kappa shape index (κ1) is 13.0. The summed E-state index contributed by atoms with van der Waals surface area (Å²) in [5.74, 6) is 0.903. The lowest BCUT2D eigenvalue weighted by Gasteiger charge is -2.22. The van der Waals surface area contributed by atoms with Gasteiger partial charge in [-0.1, -0.05) is 13.8 Å². The summed E-state index contributed by atoms with van der Waals surface area (Å²) in [6.07, 6.45) is 2.18. The van der Waals surface area contributed by atoms with Crippen LogP contribution in [0.3, 0.4) is 0 Å². The molecular formula is C15H22N2O. The van der Waals surface area contributed by atoms with Crippen LogP contribution in [0, 0.1) is 6.92 Å². The summed E-state index contributed by atoms with van der Waals surface area (Å²) < 4.78 is 7.55. The van der Waals surface area contributed by atoms with Crippen LogP contribution < -0.4 is 10.5 Å². The van der Waals surface area contributed by atoms with E-state index in [1.165, 1.54) is 22.0 Å². The lowest BCUT2D eigenvalue weighted by molar-refractivity contribution is 0.415. The standard InChI is InChI=1S/C15H22N2O/c1-10-6-11(18-5)7-12-13(15(2,3)9-16)8-17(4)14(10)12/h6-8H,9,16H2,1-5H3. The number of hydrogen-bond donors (Lipinski definition) is 1. The normalized spacial score (nSPS) is 12.1. The number of aryl methyl sites for hydroxylation is 2. The monoisotopic (exact) mass is 246 g/mol. The summed E-state index contributed by atoms with van der Waals surface area (Å²) in [7, 11) is 3.79. The Morgan fingerprint density at radius 1 is 1.33 bits per heavy atom. The molecule has 18 heavy (non-hydrogen) atoms. The average molecular weight is 246 g/mol. The van der Waals surface area contributed by atoms with Crippen LogP contribution in [0.15, 0.2) is 18.3 Å². The fourth-order valence-electron chi connectivity index (χ4n) is 2.51. The van der Waals surface area contributed by atoms with Crippen LogP contribution in [0.1, 0.15) is 25.0 Å². The molecular weight excluding hydrogens is 224 g/mol. The molecule has 0 spiro atoms. The molecule has 1 aromatic carbocycles. The second kappa shape index (κ2) is 4.32. The average Bonchev–Trinajstić information content (AvgIpc) is 2.67. The largest absolute Gasteiger partial charge is 0.497 e. The predicted molar refractivity (Wildman–Crippen MR) is 76.3 cm³/mol. The van der Waals surface area contributed by atoms with Crippen molar-refractivity contribution in [2.45, 2.75) is 26.2 Å². The summed E-state index contributed by atoms with van der Waals surface area (Å²) in [6, 6.07) is 4.18. The van der Waals surface area contributed by atoms with Crippen molar-refractivity contribution in [3.8, 4) is 5.75 Å². The number of rotatable bonds is 3. The van der Waals surface area contributed by atoms with Crippen molar-refractivity contribution in [2.24, 2.45) is 12.8 Å². The molecule has 2 aromatic rings. The second-order valence-electron chi connectivity index (χ2n) is 5.58. The highest BCUT2D eigenvalue weighted by Crippen LogP contribution is 2.35. The van der Waals surface area contributed by atoms with E-state index in [1.54, 1.807) is 7.11 Å². The van der Waals surface area contributed by atoms with Crippen molar-refractivity contribution in [1.82, 2.24) is 4.57 Å². The highest BCUT2D eigenvalue weighted by Gasteiger charge is 2.24. The Morgan fingerprint density at radius 2 is 2.00 bits per heavy atom. The number of benzene rings is 1. The summed E-state index contributed by atoms with van der Waals surface area (Å²) in [6.45, 7) is 7.10. The minimum Gasteiger partial charge on any atom is -0.497 e. The Balaban J connectivity index is 2.80. The van der Waals surface area contributed by atoms with Crippen molar-refractivity contribution in [1.29, 1.82) is 0 Å². The van der Waals surface area contributed by atoms with Gasteiger partial charge in [-0.2, -0.15) is 0 Å². The molecule has 0 atom stereocenters. The molecule has 0 aliphatic rings. The van der Waals surface area contributed by atoms with Gasteiger partial charge in [0, 0.05) is 30.6 Å². The van der Waals surface area contributed by atoms with Crippen LogP contribution >= 0.6 is 0 Å². The van der Waals surface area contributed by atoms with Crippen LogP contribution in [0.5, 0.6) is 5.75 Å². The van der Waals surface area contributed by atoms with Crippen molar-refractivity contribution < 1.29 is 4.74 Å². The summed E-state index contributed by atoms with van der Waals surface area (Å²) >= 11 is 0. The molecule has 1 aromatic heterocycles. The zero-order valence-corrected chi connectivity index (χ0v) is 11.9. The molecule has 0 aliphatic carbocycles. The predicted octanol–water partition coefficient (Wildman–Crippen LogP) is 2.73. The van der Waals surface area contributed by atoms with Crippen molar-refractivity contribution in [3.63, 3.8) is 0 Å². The van der Waals surface area contributed by atoms with E-state index in [-0.39, 0.29) is 5.41 Å². The first-order valence-electron chi connectivity index (χ1n) is 6.25. The van der Waals surface area contributed by atoms with Crippen molar-refractivity contribution in [2.75, 3.05) is 13.7 Å². The molecule has 0 saturated carbocycles. The summed E-state index contributed by atoms with van der Waals surface area (Å²) in [5.41, 5.74) is 9.64. The smallest absolute Gasteiger partial charge is 0.119 e. The lowest BCUT2D eigenvalue weighted by atomic mass is 9.84. The number of hydrogen-bond acceptors (Lipinski definition) is 2. The van der Waals surface area contributed by atoms with Crippen LogP contribution in [0.2, 0.25) is 0 Å². The van der Waals surface area contributed by atoms with Crippen molar-refractivity contribution >= 4 is 10.9 Å². The zero-order valence-electron chi connectivity index (χ0n) is 11.9. The third-order valence-corrected chi connectivity index (χ3v) is 3.71. The molecule has 1 heterocycles. The number of fused-ring (bicyclic) bond motifs is 1. The van der Waals surface area contributed by atoms with Gasteiger partial charge in [0.1, 0.15) is 5.75 Å².